The number of phenolic OH excluding ortho intramolecular Hbond substituents is 1. The minimum atomic E-state index is -0.486. The number of morpholine rings is 1. The second-order valence-electron chi connectivity index (χ2n) is 3.62. The van der Waals surface area contributed by atoms with Crippen molar-refractivity contribution >= 4 is 0 Å². The van der Waals surface area contributed by atoms with Crippen LogP contribution in [-0.2, 0) is 4.74 Å². The number of nitrogens with one attached hydrogen (secondary N) is 1. The van der Waals surface area contributed by atoms with E-state index in [1.807, 2.05) is 0 Å². The van der Waals surface area contributed by atoms with Crippen molar-refractivity contribution in [2.24, 2.45) is 0 Å². The van der Waals surface area contributed by atoms with E-state index in [4.69, 9.17) is 9.47 Å². The Bertz CT molecular complexity index is 354. The van der Waals surface area contributed by atoms with Crippen LogP contribution in [0.3, 0.4) is 0 Å². The van der Waals surface area contributed by atoms with Gasteiger partial charge in [-0.2, -0.15) is 0 Å². The summed E-state index contributed by atoms with van der Waals surface area (Å²) in [4.78, 5) is 0. The minimum absolute atomic E-state index is 0.111. The number of hydrogen-bond acceptors (Lipinski definition) is 4. The fraction of sp³-hybridized carbons (Fsp3) is 0.455. The molecule has 0 bridgehead atoms. The van der Waals surface area contributed by atoms with Gasteiger partial charge in [0.2, 0.25) is 0 Å². The van der Waals surface area contributed by atoms with Gasteiger partial charge in [0.15, 0.2) is 0 Å². The molecule has 0 aliphatic carbocycles. The molecule has 0 radical (unpaired) electrons. The molecule has 5 heteroatoms. The van der Waals surface area contributed by atoms with Crippen LogP contribution in [0.25, 0.3) is 0 Å². The molecule has 16 heavy (non-hydrogen) atoms. The molecule has 1 aromatic rings. The van der Waals surface area contributed by atoms with E-state index in [0.29, 0.717) is 25.5 Å². The summed E-state index contributed by atoms with van der Waals surface area (Å²) in [5, 5.41) is 12.8. The average Bonchev–Trinajstić information content (AvgIpc) is 2.29. The molecule has 1 saturated heterocycles. The van der Waals surface area contributed by atoms with Crippen LogP contribution >= 0.6 is 0 Å². The number of aromatic hydroxyl groups is 1. The molecule has 1 aromatic carbocycles. The standard InChI is InChI=1S/C11H14FNO3/c1-15-7-4-8(12)11(10(14)5-7)9-6-16-3-2-13-9/h4-5,9,13-14H,2-3,6H2,1H3. The first-order chi connectivity index (χ1) is 7.72. The van der Waals surface area contributed by atoms with Gasteiger partial charge in [0.25, 0.3) is 0 Å². The van der Waals surface area contributed by atoms with E-state index in [9.17, 15) is 9.50 Å². The normalized spacial score (nSPS) is 20.8. The molecule has 0 spiro atoms. The van der Waals surface area contributed by atoms with Crippen molar-refractivity contribution in [1.29, 1.82) is 0 Å². The molecule has 0 aromatic heterocycles. The molecule has 1 fully saturated rings. The van der Waals surface area contributed by atoms with Gasteiger partial charge in [0.1, 0.15) is 17.3 Å². The lowest BCUT2D eigenvalue weighted by molar-refractivity contribution is 0.0748. The van der Waals surface area contributed by atoms with E-state index >= 15 is 0 Å². The second-order valence-corrected chi connectivity index (χ2v) is 3.62. The zero-order valence-electron chi connectivity index (χ0n) is 9.00. The Morgan fingerprint density at radius 2 is 2.38 bits per heavy atom. The van der Waals surface area contributed by atoms with Gasteiger partial charge in [0, 0.05) is 24.2 Å². The van der Waals surface area contributed by atoms with E-state index in [0.717, 1.165) is 0 Å². The van der Waals surface area contributed by atoms with Crippen molar-refractivity contribution in [2.75, 3.05) is 26.9 Å². The molecule has 2 N–H and O–H groups in total. The topological polar surface area (TPSA) is 50.7 Å². The van der Waals surface area contributed by atoms with Gasteiger partial charge in [0.05, 0.1) is 26.4 Å². The lowest BCUT2D eigenvalue weighted by Crippen LogP contribution is -2.35. The van der Waals surface area contributed by atoms with E-state index in [1.165, 1.54) is 19.2 Å². The Morgan fingerprint density at radius 3 is 2.94 bits per heavy atom. The number of benzene rings is 1. The maximum atomic E-state index is 13.7. The first-order valence-electron chi connectivity index (χ1n) is 5.10. The highest BCUT2D eigenvalue weighted by Crippen LogP contribution is 2.32. The lowest BCUT2D eigenvalue weighted by Gasteiger charge is -2.25. The van der Waals surface area contributed by atoms with Crippen molar-refractivity contribution in [3.63, 3.8) is 0 Å². The number of hydrogen-bond donors (Lipinski definition) is 2. The third-order valence-corrected chi connectivity index (χ3v) is 2.59. The predicted octanol–water partition coefficient (Wildman–Crippen LogP) is 1.20. The van der Waals surface area contributed by atoms with Crippen LogP contribution in [-0.4, -0.2) is 32.0 Å². The van der Waals surface area contributed by atoms with Gasteiger partial charge >= 0.3 is 0 Å². The van der Waals surface area contributed by atoms with Gasteiger partial charge in [-0.1, -0.05) is 0 Å². The van der Waals surface area contributed by atoms with Crippen LogP contribution in [0, 0.1) is 5.82 Å². The van der Waals surface area contributed by atoms with E-state index < -0.39 is 5.82 Å². The van der Waals surface area contributed by atoms with Crippen LogP contribution in [0.5, 0.6) is 11.5 Å². The van der Waals surface area contributed by atoms with Gasteiger partial charge in [-0.3, -0.25) is 0 Å². The summed E-state index contributed by atoms with van der Waals surface area (Å²) >= 11 is 0. The molecule has 0 amide bonds. The van der Waals surface area contributed by atoms with Crippen LogP contribution in [0.2, 0.25) is 0 Å². The summed E-state index contributed by atoms with van der Waals surface area (Å²) in [6.07, 6.45) is 0. The molecule has 4 nitrogen and oxygen atoms in total. The summed E-state index contributed by atoms with van der Waals surface area (Å²) in [5.74, 6) is -0.296. The SMILES string of the molecule is COc1cc(O)c(C2COCCN2)c(F)c1. The Balaban J connectivity index is 2.32. The Labute approximate surface area is 93.0 Å². The van der Waals surface area contributed by atoms with E-state index in [1.54, 1.807) is 0 Å². The number of ether oxygens (including phenoxy) is 2. The van der Waals surface area contributed by atoms with Gasteiger partial charge < -0.3 is 19.9 Å². The molecule has 1 atom stereocenters. The third kappa shape index (κ3) is 2.10. The van der Waals surface area contributed by atoms with Gasteiger partial charge in [-0.15, -0.1) is 0 Å². The third-order valence-electron chi connectivity index (χ3n) is 2.59. The van der Waals surface area contributed by atoms with Crippen molar-refractivity contribution in [1.82, 2.24) is 5.32 Å². The zero-order chi connectivity index (χ0) is 11.5. The summed E-state index contributed by atoms with van der Waals surface area (Å²) in [6, 6.07) is 2.35. The highest BCUT2D eigenvalue weighted by molar-refractivity contribution is 5.42. The van der Waals surface area contributed by atoms with Crippen LogP contribution in [0.1, 0.15) is 11.6 Å². The van der Waals surface area contributed by atoms with Crippen molar-refractivity contribution in [3.05, 3.63) is 23.5 Å². The summed E-state index contributed by atoms with van der Waals surface area (Å²) in [6.45, 7) is 1.61. The number of rotatable bonds is 2. The molecular formula is C11H14FNO3. The monoisotopic (exact) mass is 227 g/mol. The molecule has 0 saturated carbocycles. The predicted molar refractivity (Wildman–Crippen MR) is 56.2 cm³/mol. The summed E-state index contributed by atoms with van der Waals surface area (Å²) < 4.78 is 23.8. The summed E-state index contributed by atoms with van der Waals surface area (Å²) in [7, 11) is 1.43. The fourth-order valence-electron chi connectivity index (χ4n) is 1.79. The Morgan fingerprint density at radius 1 is 1.56 bits per heavy atom. The van der Waals surface area contributed by atoms with Crippen LogP contribution < -0.4 is 10.1 Å². The molecule has 88 valence electrons. The average molecular weight is 227 g/mol. The lowest BCUT2D eigenvalue weighted by atomic mass is 10.0. The largest absolute Gasteiger partial charge is 0.507 e. The van der Waals surface area contributed by atoms with Gasteiger partial charge in [-0.05, 0) is 0 Å². The number of methoxy groups -OCH3 is 1. The Hall–Kier alpha value is -1.33. The van der Waals surface area contributed by atoms with Crippen molar-refractivity contribution < 1.29 is 19.0 Å². The van der Waals surface area contributed by atoms with E-state index in [2.05, 4.69) is 5.32 Å². The van der Waals surface area contributed by atoms with Gasteiger partial charge in [-0.25, -0.2) is 4.39 Å². The van der Waals surface area contributed by atoms with E-state index in [-0.39, 0.29) is 17.4 Å². The maximum absolute atomic E-state index is 13.7. The molecule has 1 aliphatic rings. The summed E-state index contributed by atoms with van der Waals surface area (Å²) in [5.41, 5.74) is 0.237. The quantitative estimate of drug-likeness (QED) is 0.797. The Kier molecular flexibility index (Phi) is 3.26. The number of halogens is 1. The fourth-order valence-corrected chi connectivity index (χ4v) is 1.79. The highest BCUT2D eigenvalue weighted by atomic mass is 19.1. The molecular weight excluding hydrogens is 213 g/mol. The van der Waals surface area contributed by atoms with Crippen LogP contribution in [0.4, 0.5) is 4.39 Å². The minimum Gasteiger partial charge on any atom is -0.507 e. The molecule has 1 unspecified atom stereocenters. The molecule has 1 heterocycles. The van der Waals surface area contributed by atoms with Crippen molar-refractivity contribution in [2.45, 2.75) is 6.04 Å². The second kappa shape index (κ2) is 4.67. The molecule has 2 rings (SSSR count). The highest BCUT2D eigenvalue weighted by Gasteiger charge is 2.23. The first-order valence-corrected chi connectivity index (χ1v) is 5.10. The van der Waals surface area contributed by atoms with Crippen LogP contribution in [0.15, 0.2) is 12.1 Å². The number of phenols is 1. The van der Waals surface area contributed by atoms with Crippen molar-refractivity contribution in [3.8, 4) is 11.5 Å². The zero-order valence-corrected chi connectivity index (χ0v) is 9.00. The smallest absolute Gasteiger partial charge is 0.135 e. The maximum Gasteiger partial charge on any atom is 0.135 e. The molecule has 1 aliphatic heterocycles. The first kappa shape index (κ1) is 11.2.